The number of nitrogens with zero attached hydrogens (tertiary/aromatic N) is 2. The molecule has 78 valence electrons. The minimum Gasteiger partial charge on any atom is -0.273 e. The molecule has 0 aromatic heterocycles. The first-order valence-corrected chi connectivity index (χ1v) is 4.44. The lowest BCUT2D eigenvalue weighted by Gasteiger charge is -2.24. The first kappa shape index (κ1) is 9.60. The Hall–Kier alpha value is -1.95. The van der Waals surface area contributed by atoms with E-state index in [1.54, 1.807) is 6.07 Å². The van der Waals surface area contributed by atoms with E-state index in [4.69, 9.17) is 5.84 Å². The minimum absolute atomic E-state index is 0.0566. The van der Waals surface area contributed by atoms with Crippen LogP contribution in [0.1, 0.15) is 12.0 Å². The Labute approximate surface area is 85.4 Å². The number of benzene rings is 1. The Balaban J connectivity index is 2.50. The number of amides is 1. The number of hydrazine groups is 1. The Kier molecular flexibility index (Phi) is 2.12. The van der Waals surface area contributed by atoms with Crippen LogP contribution in [-0.2, 0) is 11.2 Å². The summed E-state index contributed by atoms with van der Waals surface area (Å²) in [6, 6.07) is 4.38. The maximum Gasteiger partial charge on any atom is 0.271 e. The van der Waals surface area contributed by atoms with E-state index in [1.807, 2.05) is 0 Å². The average Bonchev–Trinajstić information content (AvgIpc) is 2.23. The number of nitro benzene ring substituents is 1. The Morgan fingerprint density at radius 3 is 2.80 bits per heavy atom. The van der Waals surface area contributed by atoms with Gasteiger partial charge in [0.2, 0.25) is 5.91 Å². The van der Waals surface area contributed by atoms with Crippen LogP contribution in [0.15, 0.2) is 18.2 Å². The number of anilines is 1. The fourth-order valence-electron chi connectivity index (χ4n) is 1.60. The van der Waals surface area contributed by atoms with Gasteiger partial charge in [0, 0.05) is 18.6 Å². The van der Waals surface area contributed by atoms with E-state index in [2.05, 4.69) is 0 Å². The van der Waals surface area contributed by atoms with E-state index < -0.39 is 4.92 Å². The number of rotatable bonds is 1. The number of non-ortho nitro benzene ring substituents is 1. The number of nitrogens with two attached hydrogens (primary N) is 1. The molecular formula is C9H9N3O3. The van der Waals surface area contributed by atoms with Gasteiger partial charge in [-0.05, 0) is 12.0 Å². The van der Waals surface area contributed by atoms with Crippen molar-refractivity contribution in [2.75, 3.05) is 5.01 Å². The van der Waals surface area contributed by atoms with Crippen LogP contribution in [0.3, 0.4) is 0 Å². The number of hydrogen-bond donors (Lipinski definition) is 1. The molecule has 0 saturated carbocycles. The first-order chi connectivity index (χ1) is 7.09. The van der Waals surface area contributed by atoms with Gasteiger partial charge >= 0.3 is 0 Å². The maximum absolute atomic E-state index is 11.3. The summed E-state index contributed by atoms with van der Waals surface area (Å²) < 4.78 is 0. The lowest BCUT2D eigenvalue weighted by atomic mass is 10.0. The van der Waals surface area contributed by atoms with E-state index >= 15 is 0 Å². The van der Waals surface area contributed by atoms with Gasteiger partial charge in [0.05, 0.1) is 10.6 Å². The molecule has 1 aliphatic heterocycles. The number of aryl methyl sites for hydroxylation is 1. The van der Waals surface area contributed by atoms with E-state index in [1.165, 1.54) is 12.1 Å². The molecule has 15 heavy (non-hydrogen) atoms. The summed E-state index contributed by atoms with van der Waals surface area (Å²) in [6.07, 6.45) is 0.932. The number of fused-ring (bicyclic) bond motifs is 1. The highest BCUT2D eigenvalue weighted by Crippen LogP contribution is 2.29. The van der Waals surface area contributed by atoms with Crippen molar-refractivity contribution in [2.24, 2.45) is 5.84 Å². The third kappa shape index (κ3) is 1.55. The molecule has 1 amide bonds. The third-order valence-electron chi connectivity index (χ3n) is 2.42. The summed E-state index contributed by atoms with van der Waals surface area (Å²) in [5.41, 5.74) is 1.24. The van der Waals surface area contributed by atoms with Crippen molar-refractivity contribution < 1.29 is 9.72 Å². The maximum atomic E-state index is 11.3. The van der Waals surface area contributed by atoms with Crippen LogP contribution in [0.5, 0.6) is 0 Å². The molecular weight excluding hydrogens is 198 g/mol. The Bertz CT molecular complexity index is 444. The van der Waals surface area contributed by atoms with Crippen molar-refractivity contribution in [3.63, 3.8) is 0 Å². The van der Waals surface area contributed by atoms with Gasteiger partial charge < -0.3 is 0 Å². The van der Waals surface area contributed by atoms with Crippen LogP contribution in [-0.4, -0.2) is 10.8 Å². The smallest absolute Gasteiger partial charge is 0.271 e. The lowest BCUT2D eigenvalue weighted by molar-refractivity contribution is -0.384. The SMILES string of the molecule is NN1C(=O)CCc2ccc([N+](=O)[O-])cc21. The van der Waals surface area contributed by atoms with Gasteiger partial charge in [-0.1, -0.05) is 6.07 Å². The number of hydrogen-bond acceptors (Lipinski definition) is 4. The fourth-order valence-corrected chi connectivity index (χ4v) is 1.60. The molecule has 0 unspecified atom stereocenters. The minimum atomic E-state index is -0.507. The zero-order chi connectivity index (χ0) is 11.0. The van der Waals surface area contributed by atoms with Crippen LogP contribution in [0, 0.1) is 10.1 Å². The molecule has 6 heteroatoms. The normalized spacial score (nSPS) is 15.0. The second-order valence-corrected chi connectivity index (χ2v) is 3.33. The van der Waals surface area contributed by atoms with Gasteiger partial charge in [-0.15, -0.1) is 0 Å². The predicted molar refractivity (Wildman–Crippen MR) is 53.1 cm³/mol. The van der Waals surface area contributed by atoms with Gasteiger partial charge in [0.1, 0.15) is 0 Å². The van der Waals surface area contributed by atoms with Crippen LogP contribution in [0.2, 0.25) is 0 Å². The molecule has 1 aromatic carbocycles. The molecule has 6 nitrogen and oxygen atoms in total. The van der Waals surface area contributed by atoms with Gasteiger partial charge in [0.15, 0.2) is 0 Å². The van der Waals surface area contributed by atoms with E-state index in [9.17, 15) is 14.9 Å². The molecule has 0 saturated heterocycles. The molecule has 1 heterocycles. The number of carbonyl (C=O) groups is 1. The van der Waals surface area contributed by atoms with Crippen LogP contribution >= 0.6 is 0 Å². The highest BCUT2D eigenvalue weighted by molar-refractivity contribution is 5.95. The van der Waals surface area contributed by atoms with Gasteiger partial charge in [-0.25, -0.2) is 10.9 Å². The molecule has 0 bridgehead atoms. The molecule has 1 aliphatic rings. The zero-order valence-electron chi connectivity index (χ0n) is 7.84. The first-order valence-electron chi connectivity index (χ1n) is 4.44. The highest BCUT2D eigenvalue weighted by atomic mass is 16.6. The largest absolute Gasteiger partial charge is 0.273 e. The van der Waals surface area contributed by atoms with Crippen molar-refractivity contribution in [3.05, 3.63) is 33.9 Å². The van der Waals surface area contributed by atoms with Crippen molar-refractivity contribution in [1.82, 2.24) is 0 Å². The van der Waals surface area contributed by atoms with E-state index in [0.717, 1.165) is 10.6 Å². The highest BCUT2D eigenvalue weighted by Gasteiger charge is 2.23. The van der Waals surface area contributed by atoms with Crippen LogP contribution < -0.4 is 10.9 Å². The third-order valence-corrected chi connectivity index (χ3v) is 2.42. The van der Waals surface area contributed by atoms with Gasteiger partial charge in [-0.2, -0.15) is 0 Å². The number of nitro groups is 1. The van der Waals surface area contributed by atoms with Crippen molar-refractivity contribution >= 4 is 17.3 Å². The Morgan fingerprint density at radius 2 is 2.13 bits per heavy atom. The quantitative estimate of drug-likeness (QED) is 0.318. The molecule has 0 fully saturated rings. The van der Waals surface area contributed by atoms with Crippen molar-refractivity contribution in [2.45, 2.75) is 12.8 Å². The summed E-state index contributed by atoms with van der Waals surface area (Å²) in [4.78, 5) is 21.3. The molecule has 2 N–H and O–H groups in total. The molecule has 0 radical (unpaired) electrons. The topological polar surface area (TPSA) is 89.5 Å². The van der Waals surface area contributed by atoms with Crippen LogP contribution in [0.4, 0.5) is 11.4 Å². The summed E-state index contributed by atoms with van der Waals surface area (Å²) >= 11 is 0. The molecule has 0 atom stereocenters. The Morgan fingerprint density at radius 1 is 1.40 bits per heavy atom. The molecule has 1 aromatic rings. The standard InChI is InChI=1S/C9H9N3O3/c10-11-8-5-7(12(14)15)3-1-6(8)2-4-9(11)13/h1,3,5H,2,4,10H2. The van der Waals surface area contributed by atoms with E-state index in [0.29, 0.717) is 18.5 Å². The van der Waals surface area contributed by atoms with Gasteiger partial charge in [-0.3, -0.25) is 14.9 Å². The summed E-state index contributed by atoms with van der Waals surface area (Å²) in [5, 5.41) is 11.5. The molecule has 0 spiro atoms. The van der Waals surface area contributed by atoms with Crippen molar-refractivity contribution in [1.29, 1.82) is 0 Å². The summed E-state index contributed by atoms with van der Waals surface area (Å²) in [7, 11) is 0. The molecule has 2 rings (SSSR count). The van der Waals surface area contributed by atoms with E-state index in [-0.39, 0.29) is 11.6 Å². The molecule has 0 aliphatic carbocycles. The van der Waals surface area contributed by atoms with Crippen molar-refractivity contribution in [3.8, 4) is 0 Å². The predicted octanol–water partition coefficient (Wildman–Crippen LogP) is 0.748. The monoisotopic (exact) mass is 207 g/mol. The zero-order valence-corrected chi connectivity index (χ0v) is 7.84. The van der Waals surface area contributed by atoms with Gasteiger partial charge in [0.25, 0.3) is 5.69 Å². The summed E-state index contributed by atoms with van der Waals surface area (Å²) in [6.45, 7) is 0. The number of carbonyl (C=O) groups excluding carboxylic acids is 1. The second kappa shape index (κ2) is 3.32. The average molecular weight is 207 g/mol. The lowest BCUT2D eigenvalue weighted by Crippen LogP contribution is -2.40. The fraction of sp³-hybridized carbons (Fsp3) is 0.222. The second-order valence-electron chi connectivity index (χ2n) is 3.33. The van der Waals surface area contributed by atoms with Crippen LogP contribution in [0.25, 0.3) is 0 Å². The summed E-state index contributed by atoms with van der Waals surface area (Å²) in [5.74, 6) is 5.30.